The van der Waals surface area contributed by atoms with Crippen LogP contribution in [0.4, 0.5) is 11.6 Å². The van der Waals surface area contributed by atoms with Crippen LogP contribution in [-0.4, -0.2) is 75.2 Å². The maximum atomic E-state index is 6.06. The lowest BCUT2D eigenvalue weighted by molar-refractivity contribution is 0.0302. The first-order valence-electron chi connectivity index (χ1n) is 10.7. The Hall–Kier alpha value is -2.65. The van der Waals surface area contributed by atoms with E-state index in [2.05, 4.69) is 44.3 Å². The van der Waals surface area contributed by atoms with Gasteiger partial charge in [0.25, 0.3) is 0 Å². The van der Waals surface area contributed by atoms with Crippen molar-refractivity contribution in [2.75, 3.05) is 42.6 Å². The fraction of sp³-hybridized carbons (Fsp3) is 0.571. The Morgan fingerprint density at radius 1 is 1.20 bits per heavy atom. The van der Waals surface area contributed by atoms with E-state index in [1.807, 2.05) is 12.4 Å². The number of anilines is 2. The third-order valence-electron chi connectivity index (χ3n) is 6.51. The number of hydrogen-bond acceptors (Lipinski definition) is 7. The Morgan fingerprint density at radius 2 is 2.03 bits per heavy atom. The molecule has 3 aromatic heterocycles. The number of aromatic amines is 1. The minimum absolute atomic E-state index is 0.119. The molecule has 1 N–H and O–H groups in total. The molecule has 0 amide bonds. The van der Waals surface area contributed by atoms with Crippen LogP contribution in [0.15, 0.2) is 24.7 Å². The molecule has 9 nitrogen and oxygen atoms in total. The van der Waals surface area contributed by atoms with Crippen LogP contribution in [0.1, 0.15) is 26.7 Å². The van der Waals surface area contributed by atoms with Crippen LogP contribution in [0, 0.1) is 0 Å². The number of imidazole rings is 1. The molecule has 2 atom stereocenters. The Kier molecular flexibility index (Phi) is 4.04. The Labute approximate surface area is 175 Å². The van der Waals surface area contributed by atoms with Crippen molar-refractivity contribution in [2.24, 2.45) is 0 Å². The largest absolute Gasteiger partial charge is 0.377 e. The molecule has 3 fully saturated rings. The van der Waals surface area contributed by atoms with Crippen LogP contribution in [0.2, 0.25) is 0 Å². The van der Waals surface area contributed by atoms with E-state index < -0.39 is 0 Å². The molecule has 30 heavy (non-hydrogen) atoms. The van der Waals surface area contributed by atoms with Crippen LogP contribution < -0.4 is 9.80 Å². The maximum absolute atomic E-state index is 6.06. The van der Waals surface area contributed by atoms with Crippen molar-refractivity contribution < 1.29 is 9.47 Å². The Morgan fingerprint density at radius 3 is 2.77 bits per heavy atom. The molecule has 2 unspecified atom stereocenters. The molecular formula is C21H27N7O2. The van der Waals surface area contributed by atoms with Gasteiger partial charge in [0.1, 0.15) is 23.7 Å². The molecule has 3 aliphatic rings. The molecule has 0 spiro atoms. The van der Waals surface area contributed by atoms with Crippen molar-refractivity contribution in [1.82, 2.24) is 24.6 Å². The summed E-state index contributed by atoms with van der Waals surface area (Å²) in [6.45, 7) is 8.46. The molecule has 0 radical (unpaired) electrons. The lowest BCUT2D eigenvalue weighted by atomic mass is 10.0. The summed E-state index contributed by atoms with van der Waals surface area (Å²) in [5.41, 5.74) is 2.41. The van der Waals surface area contributed by atoms with Crippen molar-refractivity contribution in [3.63, 3.8) is 0 Å². The summed E-state index contributed by atoms with van der Waals surface area (Å²) in [6, 6.07) is 4.15. The van der Waals surface area contributed by atoms with Gasteiger partial charge in [-0.2, -0.15) is 5.10 Å². The highest BCUT2D eigenvalue weighted by atomic mass is 16.5. The first-order valence-corrected chi connectivity index (χ1v) is 10.7. The quantitative estimate of drug-likeness (QED) is 0.709. The van der Waals surface area contributed by atoms with Crippen LogP contribution in [0.5, 0.6) is 0 Å². The fourth-order valence-electron chi connectivity index (χ4n) is 4.97. The smallest absolute Gasteiger partial charge is 0.170 e. The summed E-state index contributed by atoms with van der Waals surface area (Å²) in [5, 5.41) is 7.14. The number of H-pyrrole nitrogens is 1. The predicted octanol–water partition coefficient (Wildman–Crippen LogP) is 2.10. The lowest BCUT2D eigenvalue weighted by Crippen LogP contribution is -2.54. The van der Waals surface area contributed by atoms with Crippen molar-refractivity contribution >= 4 is 17.3 Å². The van der Waals surface area contributed by atoms with E-state index in [0.717, 1.165) is 61.1 Å². The highest BCUT2D eigenvalue weighted by Gasteiger charge is 2.36. The first kappa shape index (κ1) is 18.1. The van der Waals surface area contributed by atoms with E-state index >= 15 is 0 Å². The zero-order chi connectivity index (χ0) is 20.3. The molecule has 9 heteroatoms. The van der Waals surface area contributed by atoms with Gasteiger partial charge in [0.2, 0.25) is 0 Å². The number of ether oxygens (including phenoxy) is 2. The van der Waals surface area contributed by atoms with Crippen LogP contribution >= 0.6 is 0 Å². The normalized spacial score (nSPS) is 25.9. The van der Waals surface area contributed by atoms with Crippen LogP contribution in [0.25, 0.3) is 17.0 Å². The third-order valence-corrected chi connectivity index (χ3v) is 6.51. The summed E-state index contributed by atoms with van der Waals surface area (Å²) in [6.07, 6.45) is 6.50. The van der Waals surface area contributed by atoms with Gasteiger partial charge in [0.05, 0.1) is 36.7 Å². The minimum atomic E-state index is -0.119. The summed E-state index contributed by atoms with van der Waals surface area (Å²) in [5.74, 6) is 2.08. The van der Waals surface area contributed by atoms with Crippen molar-refractivity contribution in [1.29, 1.82) is 0 Å². The van der Waals surface area contributed by atoms with Gasteiger partial charge in [-0.25, -0.2) is 9.97 Å². The van der Waals surface area contributed by atoms with Crippen molar-refractivity contribution in [3.05, 3.63) is 24.7 Å². The van der Waals surface area contributed by atoms with Gasteiger partial charge >= 0.3 is 0 Å². The van der Waals surface area contributed by atoms with Gasteiger partial charge in [0.15, 0.2) is 5.65 Å². The number of hydrogen-bond donors (Lipinski definition) is 1. The summed E-state index contributed by atoms with van der Waals surface area (Å²) in [7, 11) is 0. The first-order chi connectivity index (χ1) is 14.6. The zero-order valence-corrected chi connectivity index (χ0v) is 17.4. The summed E-state index contributed by atoms with van der Waals surface area (Å²) < 4.78 is 13.9. The average molecular weight is 409 g/mol. The van der Waals surface area contributed by atoms with E-state index in [-0.39, 0.29) is 5.54 Å². The van der Waals surface area contributed by atoms with Gasteiger partial charge in [-0.3, -0.25) is 9.50 Å². The van der Waals surface area contributed by atoms with Gasteiger partial charge in [-0.15, -0.1) is 0 Å². The molecule has 3 aliphatic heterocycles. The fourth-order valence-corrected chi connectivity index (χ4v) is 4.97. The number of nitrogens with zero attached hydrogens (tertiary/aromatic N) is 6. The standard InChI is InChI=1S/C21H27N7O2/c1-21(2)12-29-8-7-28(21)18-9-17(26-10-14-3-4-15(11-26)30-14)24-20-19(22-13-27(18)20)16-5-6-23-25-16/h5-6,9,13-15H,3-4,7-8,10-12H2,1-2H3,(H,23,25). The second-order valence-corrected chi connectivity index (χ2v) is 9.11. The number of nitrogens with one attached hydrogen (secondary N) is 1. The van der Waals surface area contributed by atoms with Gasteiger partial charge in [-0.1, -0.05) is 0 Å². The van der Waals surface area contributed by atoms with Gasteiger partial charge in [0, 0.05) is 31.9 Å². The Balaban J connectivity index is 1.51. The summed E-state index contributed by atoms with van der Waals surface area (Å²) >= 11 is 0. The molecule has 6 rings (SSSR count). The molecular weight excluding hydrogens is 382 g/mol. The monoisotopic (exact) mass is 409 g/mol. The Bertz CT molecular complexity index is 1050. The van der Waals surface area contributed by atoms with E-state index in [4.69, 9.17) is 19.4 Å². The van der Waals surface area contributed by atoms with E-state index in [9.17, 15) is 0 Å². The summed E-state index contributed by atoms with van der Waals surface area (Å²) in [4.78, 5) is 14.6. The highest BCUT2D eigenvalue weighted by Crippen LogP contribution is 2.35. The SMILES string of the molecule is CC1(C)COCCN1c1cc(N2CC3CCC(C2)O3)nc2c(-c3ccn[nH]3)ncn12. The average Bonchev–Trinajstić information content (AvgIpc) is 3.47. The number of aromatic nitrogens is 5. The molecule has 6 heterocycles. The van der Waals surface area contributed by atoms with Gasteiger partial charge < -0.3 is 19.3 Å². The molecule has 0 aromatic carbocycles. The molecule has 0 aliphatic carbocycles. The van der Waals surface area contributed by atoms with Gasteiger partial charge in [-0.05, 0) is 32.8 Å². The maximum Gasteiger partial charge on any atom is 0.170 e. The molecule has 158 valence electrons. The minimum Gasteiger partial charge on any atom is -0.377 e. The van der Waals surface area contributed by atoms with Crippen LogP contribution in [-0.2, 0) is 9.47 Å². The predicted molar refractivity (Wildman–Crippen MR) is 113 cm³/mol. The number of rotatable bonds is 3. The molecule has 0 saturated carbocycles. The van der Waals surface area contributed by atoms with E-state index in [1.165, 1.54) is 0 Å². The lowest BCUT2D eigenvalue weighted by Gasteiger charge is -2.44. The topological polar surface area (TPSA) is 83.8 Å². The van der Waals surface area contributed by atoms with Crippen molar-refractivity contribution in [3.8, 4) is 11.4 Å². The van der Waals surface area contributed by atoms with E-state index in [0.29, 0.717) is 25.4 Å². The second-order valence-electron chi connectivity index (χ2n) is 9.11. The highest BCUT2D eigenvalue weighted by molar-refractivity contribution is 5.75. The second kappa shape index (κ2) is 6.68. The van der Waals surface area contributed by atoms with Crippen molar-refractivity contribution in [2.45, 2.75) is 44.4 Å². The number of fused-ring (bicyclic) bond motifs is 3. The molecule has 2 bridgehead atoms. The number of morpholine rings is 2. The van der Waals surface area contributed by atoms with Crippen LogP contribution in [0.3, 0.4) is 0 Å². The zero-order valence-electron chi connectivity index (χ0n) is 17.4. The third kappa shape index (κ3) is 2.87. The van der Waals surface area contributed by atoms with E-state index in [1.54, 1.807) is 6.20 Å². The molecule has 3 aromatic rings. The molecule has 3 saturated heterocycles.